The summed E-state index contributed by atoms with van der Waals surface area (Å²) in [4.78, 5) is 0. The molecule has 4 heterocycles. The van der Waals surface area contributed by atoms with E-state index in [0.717, 1.165) is 0 Å². The molecule has 4 unspecified atom stereocenters. The van der Waals surface area contributed by atoms with E-state index >= 15 is 0 Å². The molecule has 1 saturated heterocycles. The molecule has 4 aliphatic rings. The normalized spacial score (nSPS) is 35.9. The molecule has 4 aliphatic heterocycles. The van der Waals surface area contributed by atoms with Crippen molar-refractivity contribution in [1.29, 1.82) is 0 Å². The van der Waals surface area contributed by atoms with Gasteiger partial charge in [-0.3, -0.25) is 0 Å². The van der Waals surface area contributed by atoms with Crippen molar-refractivity contribution in [3.63, 3.8) is 0 Å². The number of nitrogens with zero attached hydrogens (tertiary/aromatic N) is 2. The third kappa shape index (κ3) is 4.46. The fraction of sp³-hybridized carbons (Fsp3) is 0.889. The van der Waals surface area contributed by atoms with Crippen LogP contribution in [0.2, 0.25) is 0 Å². The van der Waals surface area contributed by atoms with Crippen LogP contribution in [0.25, 0.3) is 0 Å². The Hall–Kier alpha value is -0.520. The molecule has 0 amide bonds. The van der Waals surface area contributed by atoms with Crippen LogP contribution in [-0.2, 0) is 8.92 Å². The summed E-state index contributed by atoms with van der Waals surface area (Å²) in [6, 6.07) is 0. The summed E-state index contributed by atoms with van der Waals surface area (Å²) in [6.07, 6.45) is -0.642. The first kappa shape index (κ1) is 22.2. The quantitative estimate of drug-likeness (QED) is 0.454. The van der Waals surface area contributed by atoms with Crippen molar-refractivity contribution < 1.29 is 19.1 Å². The predicted molar refractivity (Wildman–Crippen MR) is 117 cm³/mol. The van der Waals surface area contributed by atoms with Gasteiger partial charge < -0.3 is 29.8 Å². The number of hydrogen-bond donors (Lipinski definition) is 4. The number of rotatable bonds is 7. The average Bonchev–Trinajstić information content (AvgIpc) is 3.07. The van der Waals surface area contributed by atoms with Crippen LogP contribution in [0.1, 0.15) is 48.5 Å². The minimum absolute atomic E-state index is 0.0580. The molecule has 0 aromatic carbocycles. The fourth-order valence-electron chi connectivity index (χ4n) is 3.80. The van der Waals surface area contributed by atoms with Crippen LogP contribution < -0.4 is 10.6 Å². The predicted octanol–water partition coefficient (Wildman–Crippen LogP) is 1.93. The summed E-state index contributed by atoms with van der Waals surface area (Å²) >= 11 is 0. The van der Waals surface area contributed by atoms with E-state index in [0.29, 0.717) is 18.3 Å². The standard InChI is InChI=1S/C18H34N4O4S2/c1-16(2,3)19-8-11(24)10-25-14-15-21-28(20-14,26-15)27-13-12(9-23)17(4,5)22-18(13,6)7/h11-13,19,22-24H,8-10H2,1-7H3. The zero-order chi connectivity index (χ0) is 21.0. The van der Waals surface area contributed by atoms with Gasteiger partial charge in [-0.25, -0.2) is 0 Å². The number of nitrogens with one attached hydrogen (secondary N) is 2. The van der Waals surface area contributed by atoms with Gasteiger partial charge in [0.05, 0.1) is 0 Å². The zero-order valence-corrected chi connectivity index (χ0v) is 19.4. The third-order valence-electron chi connectivity index (χ3n) is 5.12. The van der Waals surface area contributed by atoms with E-state index in [4.69, 9.17) is 8.92 Å². The molecule has 2 bridgehead atoms. The van der Waals surface area contributed by atoms with E-state index in [1.54, 1.807) is 10.8 Å². The highest BCUT2D eigenvalue weighted by Crippen LogP contribution is 2.75. The van der Waals surface area contributed by atoms with E-state index < -0.39 is 15.8 Å². The van der Waals surface area contributed by atoms with Crippen molar-refractivity contribution in [2.45, 2.75) is 76.4 Å². The first-order chi connectivity index (χ1) is 12.8. The zero-order valence-electron chi connectivity index (χ0n) is 17.8. The van der Waals surface area contributed by atoms with Gasteiger partial charge >= 0.3 is 5.90 Å². The monoisotopic (exact) mass is 434 g/mol. The number of aliphatic hydroxyl groups is 2. The molecule has 0 spiro atoms. The lowest BCUT2D eigenvalue weighted by molar-refractivity contribution is 0.0961. The Kier molecular flexibility index (Phi) is 5.79. The molecule has 28 heavy (non-hydrogen) atoms. The van der Waals surface area contributed by atoms with Crippen molar-refractivity contribution in [2.24, 2.45) is 14.7 Å². The van der Waals surface area contributed by atoms with Crippen LogP contribution in [0.3, 0.4) is 0 Å². The minimum atomic E-state index is -2.02. The summed E-state index contributed by atoms with van der Waals surface area (Å²) in [5.74, 6) is 0.852. The molecular formula is C18H34N4O4S2. The maximum atomic E-state index is 10.1. The molecule has 4 rings (SSSR count). The Balaban J connectivity index is 1.59. The second-order valence-electron chi connectivity index (χ2n) is 9.79. The lowest BCUT2D eigenvalue weighted by Gasteiger charge is -2.37. The Labute approximate surface area is 173 Å². The van der Waals surface area contributed by atoms with Crippen molar-refractivity contribution in [1.82, 2.24) is 10.6 Å². The van der Waals surface area contributed by atoms with Crippen molar-refractivity contribution in [3.8, 4) is 0 Å². The number of aliphatic hydroxyl groups excluding tert-OH is 2. The smallest absolute Gasteiger partial charge is 0.304 e. The van der Waals surface area contributed by atoms with Crippen LogP contribution >= 0.6 is 20.5 Å². The lowest BCUT2D eigenvalue weighted by atomic mass is 9.87. The molecule has 8 nitrogen and oxygen atoms in total. The molecule has 162 valence electrons. The second-order valence-corrected chi connectivity index (χ2v) is 13.8. The second kappa shape index (κ2) is 7.31. The highest BCUT2D eigenvalue weighted by Gasteiger charge is 2.58. The molecule has 0 aliphatic carbocycles. The minimum Gasteiger partial charge on any atom is -0.471 e. The van der Waals surface area contributed by atoms with Gasteiger partial charge in [0.25, 0.3) is 5.90 Å². The van der Waals surface area contributed by atoms with E-state index in [1.807, 2.05) is 20.8 Å². The summed E-state index contributed by atoms with van der Waals surface area (Å²) in [5, 5.41) is 27.0. The SMILES string of the molecule is CC(C)(C)NCC(O)COC1=NS2(SC3C(CO)C(C)(C)NC3(C)C)N=C1O2. The first-order valence-corrected chi connectivity index (χ1v) is 12.5. The Morgan fingerprint density at radius 3 is 2.50 bits per heavy atom. The van der Waals surface area contributed by atoms with Gasteiger partial charge in [-0.05, 0) is 59.3 Å². The number of β-amino-alcohol motifs (C(OH)–C–C–N with tert-alkyl or cyclic N) is 1. The molecule has 0 aromatic rings. The topological polar surface area (TPSA) is 108 Å². The van der Waals surface area contributed by atoms with Crippen LogP contribution in [-0.4, -0.2) is 69.7 Å². The Bertz CT molecular complexity index is 677. The summed E-state index contributed by atoms with van der Waals surface area (Å²) in [6.45, 7) is 15.3. The van der Waals surface area contributed by atoms with Gasteiger partial charge in [0, 0.05) is 40.9 Å². The molecule has 4 N–H and O–H groups in total. The van der Waals surface area contributed by atoms with Crippen LogP contribution in [0, 0.1) is 5.92 Å². The van der Waals surface area contributed by atoms with Crippen molar-refractivity contribution in [3.05, 3.63) is 0 Å². The molecule has 4 atom stereocenters. The van der Waals surface area contributed by atoms with Gasteiger partial charge in [0.1, 0.15) is 12.7 Å². The highest BCUT2D eigenvalue weighted by molar-refractivity contribution is 8.92. The molecule has 0 radical (unpaired) electrons. The maximum absolute atomic E-state index is 10.1. The molecule has 1 fully saturated rings. The van der Waals surface area contributed by atoms with Crippen LogP contribution in [0.4, 0.5) is 0 Å². The largest absolute Gasteiger partial charge is 0.471 e. The van der Waals surface area contributed by atoms with Gasteiger partial charge in [-0.1, -0.05) is 0 Å². The number of ether oxygens (including phenoxy) is 1. The van der Waals surface area contributed by atoms with E-state index in [2.05, 4.69) is 47.1 Å². The molecule has 0 aromatic heterocycles. The van der Waals surface area contributed by atoms with Crippen molar-refractivity contribution in [2.75, 3.05) is 19.8 Å². The van der Waals surface area contributed by atoms with Gasteiger partial charge in [0.2, 0.25) is 0 Å². The summed E-state index contributed by atoms with van der Waals surface area (Å²) in [5.41, 5.74) is -0.440. The van der Waals surface area contributed by atoms with E-state index in [-0.39, 0.29) is 41.0 Å². The fourth-order valence-corrected chi connectivity index (χ4v) is 8.96. The maximum Gasteiger partial charge on any atom is 0.304 e. The third-order valence-corrected chi connectivity index (χ3v) is 9.69. The average molecular weight is 435 g/mol. The highest BCUT2D eigenvalue weighted by atomic mass is 33.2. The first-order valence-electron chi connectivity index (χ1n) is 9.64. The van der Waals surface area contributed by atoms with Crippen molar-refractivity contribution >= 4 is 32.3 Å². The van der Waals surface area contributed by atoms with E-state index in [9.17, 15) is 10.2 Å². The Morgan fingerprint density at radius 2 is 1.93 bits per heavy atom. The van der Waals surface area contributed by atoms with Crippen LogP contribution in [0.5, 0.6) is 0 Å². The van der Waals surface area contributed by atoms with Gasteiger partial charge in [0.15, 0.2) is 9.71 Å². The van der Waals surface area contributed by atoms with Gasteiger partial charge in [-0.15, -0.1) is 8.80 Å². The number of hydrogen-bond acceptors (Lipinski definition) is 9. The van der Waals surface area contributed by atoms with Gasteiger partial charge in [-0.2, -0.15) is 0 Å². The molecular weight excluding hydrogens is 400 g/mol. The Morgan fingerprint density at radius 1 is 1.29 bits per heavy atom. The summed E-state index contributed by atoms with van der Waals surface area (Å²) < 4.78 is 20.7. The van der Waals surface area contributed by atoms with Crippen LogP contribution in [0.15, 0.2) is 8.80 Å². The van der Waals surface area contributed by atoms with E-state index in [1.165, 1.54) is 0 Å². The molecule has 10 heteroatoms. The summed E-state index contributed by atoms with van der Waals surface area (Å²) in [7, 11) is -0.436. The molecule has 0 saturated carbocycles. The lowest BCUT2D eigenvalue weighted by Crippen LogP contribution is -2.46.